The van der Waals surface area contributed by atoms with Gasteiger partial charge in [0.15, 0.2) is 5.60 Å². The molecule has 2 aromatic rings. The molecule has 1 aliphatic heterocycles. The quantitative estimate of drug-likeness (QED) is 0.821. The molecule has 1 aliphatic rings. The Morgan fingerprint density at radius 1 is 1.10 bits per heavy atom. The Hall–Kier alpha value is -2.48. The summed E-state index contributed by atoms with van der Waals surface area (Å²) in [5, 5.41) is 9.54. The number of aromatic hydroxyl groups is 1. The number of hydrogen-bond acceptors (Lipinski definition) is 2. The molecule has 0 fully saturated rings. The summed E-state index contributed by atoms with van der Waals surface area (Å²) in [5.41, 5.74) is 1.38. The van der Waals surface area contributed by atoms with Gasteiger partial charge in [-0.1, -0.05) is 42.5 Å². The summed E-state index contributed by atoms with van der Waals surface area (Å²) in [6, 6.07) is 15.3. The minimum atomic E-state index is -0.583. The van der Waals surface area contributed by atoms with Crippen molar-refractivity contribution in [3.8, 4) is 11.5 Å². The highest BCUT2D eigenvalue weighted by atomic mass is 16.5. The summed E-state index contributed by atoms with van der Waals surface area (Å²) in [6.07, 6.45) is 8.03. The summed E-state index contributed by atoms with van der Waals surface area (Å²) in [6.45, 7) is 1.98. The first-order chi connectivity index (χ1) is 9.73. The number of phenolic OH excluding ortho intramolecular Hbond substituents is 1. The van der Waals surface area contributed by atoms with Crippen molar-refractivity contribution in [1.29, 1.82) is 0 Å². The minimum Gasteiger partial charge on any atom is -0.508 e. The molecule has 0 saturated carbocycles. The highest BCUT2D eigenvalue weighted by molar-refractivity contribution is 5.64. The van der Waals surface area contributed by atoms with E-state index < -0.39 is 5.60 Å². The lowest BCUT2D eigenvalue weighted by Gasteiger charge is -2.33. The molecule has 0 spiro atoms. The van der Waals surface area contributed by atoms with Gasteiger partial charge in [-0.2, -0.15) is 0 Å². The van der Waals surface area contributed by atoms with E-state index in [1.54, 1.807) is 18.2 Å². The number of ether oxygens (including phenoxy) is 1. The van der Waals surface area contributed by atoms with E-state index >= 15 is 0 Å². The Kier molecular flexibility index (Phi) is 3.07. The van der Waals surface area contributed by atoms with Crippen LogP contribution in [-0.4, -0.2) is 5.11 Å². The molecule has 20 heavy (non-hydrogen) atoms. The van der Waals surface area contributed by atoms with Crippen LogP contribution in [0.1, 0.15) is 18.1 Å². The van der Waals surface area contributed by atoms with Gasteiger partial charge in [0, 0.05) is 11.1 Å². The van der Waals surface area contributed by atoms with Crippen molar-refractivity contribution in [2.75, 3.05) is 0 Å². The number of fused-ring (bicyclic) bond motifs is 1. The average Bonchev–Trinajstić information content (AvgIpc) is 2.49. The van der Waals surface area contributed by atoms with Crippen molar-refractivity contribution in [2.45, 2.75) is 12.5 Å². The zero-order valence-electron chi connectivity index (χ0n) is 11.3. The van der Waals surface area contributed by atoms with Crippen molar-refractivity contribution in [2.24, 2.45) is 0 Å². The van der Waals surface area contributed by atoms with Crippen LogP contribution in [0.3, 0.4) is 0 Å². The van der Waals surface area contributed by atoms with Gasteiger partial charge in [0.2, 0.25) is 0 Å². The van der Waals surface area contributed by atoms with E-state index in [2.05, 4.69) is 12.1 Å². The summed E-state index contributed by atoms with van der Waals surface area (Å²) in [4.78, 5) is 0. The van der Waals surface area contributed by atoms with Gasteiger partial charge in [0.25, 0.3) is 0 Å². The zero-order valence-corrected chi connectivity index (χ0v) is 11.3. The third-order valence-corrected chi connectivity index (χ3v) is 3.42. The van der Waals surface area contributed by atoms with Crippen LogP contribution < -0.4 is 4.74 Å². The van der Waals surface area contributed by atoms with Crippen LogP contribution in [0.4, 0.5) is 0 Å². The molecular weight excluding hydrogens is 248 g/mol. The molecule has 0 radical (unpaired) electrons. The van der Waals surface area contributed by atoms with Crippen molar-refractivity contribution in [1.82, 2.24) is 0 Å². The van der Waals surface area contributed by atoms with Gasteiger partial charge in [0.05, 0.1) is 0 Å². The molecule has 3 rings (SSSR count). The molecule has 0 bridgehead atoms. The Morgan fingerprint density at radius 3 is 2.65 bits per heavy atom. The van der Waals surface area contributed by atoms with E-state index in [-0.39, 0.29) is 5.75 Å². The molecule has 0 amide bonds. The lowest BCUT2D eigenvalue weighted by atomic mass is 9.89. The Labute approximate surface area is 118 Å². The fraction of sp³-hybridized carbons (Fsp3) is 0.111. The molecule has 1 N–H and O–H groups in total. The van der Waals surface area contributed by atoms with Crippen LogP contribution in [-0.2, 0) is 5.60 Å². The Morgan fingerprint density at radius 2 is 1.90 bits per heavy atom. The molecule has 0 saturated heterocycles. The summed E-state index contributed by atoms with van der Waals surface area (Å²) in [5.74, 6) is 1.02. The zero-order chi connectivity index (χ0) is 14.0. The monoisotopic (exact) mass is 264 g/mol. The molecule has 100 valence electrons. The molecule has 0 aromatic heterocycles. The largest absolute Gasteiger partial charge is 0.508 e. The first kappa shape index (κ1) is 12.5. The maximum absolute atomic E-state index is 9.54. The number of allylic oxidation sites excluding steroid dienone is 1. The first-order valence-electron chi connectivity index (χ1n) is 6.64. The van der Waals surface area contributed by atoms with Crippen molar-refractivity contribution >= 4 is 6.08 Å². The van der Waals surface area contributed by atoms with E-state index in [0.717, 1.165) is 16.9 Å². The maximum Gasteiger partial charge on any atom is 0.171 e. The predicted molar refractivity (Wildman–Crippen MR) is 80.7 cm³/mol. The standard InChI is InChI=1S/C18H16O2/c1-2-11-18(15-6-4-3-5-7-15)12-10-14-13-16(19)8-9-17(14)20-18/h2-13,19H,1H3/b11-2-. The van der Waals surface area contributed by atoms with Crippen LogP contribution in [0.15, 0.2) is 66.8 Å². The van der Waals surface area contributed by atoms with Crippen LogP contribution >= 0.6 is 0 Å². The third kappa shape index (κ3) is 2.10. The smallest absolute Gasteiger partial charge is 0.171 e. The summed E-state index contributed by atoms with van der Waals surface area (Å²) < 4.78 is 6.22. The third-order valence-electron chi connectivity index (χ3n) is 3.42. The van der Waals surface area contributed by atoms with Crippen molar-refractivity contribution in [3.63, 3.8) is 0 Å². The van der Waals surface area contributed by atoms with E-state index in [1.807, 2.05) is 49.4 Å². The fourth-order valence-corrected chi connectivity index (χ4v) is 2.48. The second-order valence-corrected chi connectivity index (χ2v) is 4.82. The van der Waals surface area contributed by atoms with E-state index in [0.29, 0.717) is 0 Å². The SMILES string of the molecule is C/C=C\C1(c2ccccc2)C=Cc2cc(O)ccc2O1. The molecule has 1 atom stereocenters. The van der Waals surface area contributed by atoms with Gasteiger partial charge in [-0.05, 0) is 37.3 Å². The number of phenols is 1. The molecule has 0 aliphatic carbocycles. The summed E-state index contributed by atoms with van der Waals surface area (Å²) in [7, 11) is 0. The van der Waals surface area contributed by atoms with Gasteiger partial charge in [-0.15, -0.1) is 0 Å². The second kappa shape index (κ2) is 4.89. The molecule has 1 heterocycles. The normalized spacial score (nSPS) is 20.6. The Bertz CT molecular complexity index is 671. The highest BCUT2D eigenvalue weighted by Gasteiger charge is 2.31. The van der Waals surface area contributed by atoms with Gasteiger partial charge >= 0.3 is 0 Å². The summed E-state index contributed by atoms with van der Waals surface area (Å²) >= 11 is 0. The van der Waals surface area contributed by atoms with Gasteiger partial charge in [-0.3, -0.25) is 0 Å². The number of rotatable bonds is 2. The van der Waals surface area contributed by atoms with Crippen LogP contribution in [0, 0.1) is 0 Å². The minimum absolute atomic E-state index is 0.246. The number of hydrogen-bond donors (Lipinski definition) is 1. The van der Waals surface area contributed by atoms with Crippen LogP contribution in [0.5, 0.6) is 11.5 Å². The molecule has 2 nitrogen and oxygen atoms in total. The fourth-order valence-electron chi connectivity index (χ4n) is 2.48. The lowest BCUT2D eigenvalue weighted by Crippen LogP contribution is -2.30. The van der Waals surface area contributed by atoms with E-state index in [1.165, 1.54) is 0 Å². The topological polar surface area (TPSA) is 29.5 Å². The highest BCUT2D eigenvalue weighted by Crippen LogP contribution is 2.39. The second-order valence-electron chi connectivity index (χ2n) is 4.82. The number of benzene rings is 2. The molecule has 1 unspecified atom stereocenters. The van der Waals surface area contributed by atoms with E-state index in [4.69, 9.17) is 4.74 Å². The first-order valence-corrected chi connectivity index (χ1v) is 6.64. The molecule has 2 heteroatoms. The van der Waals surface area contributed by atoms with Crippen molar-refractivity contribution < 1.29 is 9.84 Å². The van der Waals surface area contributed by atoms with Crippen LogP contribution in [0.2, 0.25) is 0 Å². The van der Waals surface area contributed by atoms with E-state index in [9.17, 15) is 5.11 Å². The maximum atomic E-state index is 9.54. The van der Waals surface area contributed by atoms with Crippen LogP contribution in [0.25, 0.3) is 6.08 Å². The van der Waals surface area contributed by atoms with Gasteiger partial charge in [-0.25, -0.2) is 0 Å². The predicted octanol–water partition coefficient (Wildman–Crippen LogP) is 4.27. The lowest BCUT2D eigenvalue weighted by molar-refractivity contribution is 0.169. The Balaban J connectivity index is 2.10. The van der Waals surface area contributed by atoms with Gasteiger partial charge < -0.3 is 9.84 Å². The molecular formula is C18H16O2. The molecule has 2 aromatic carbocycles. The van der Waals surface area contributed by atoms with Gasteiger partial charge in [0.1, 0.15) is 11.5 Å². The van der Waals surface area contributed by atoms with Crippen molar-refractivity contribution in [3.05, 3.63) is 77.9 Å². The average molecular weight is 264 g/mol.